The molecule has 1 aliphatic heterocycles. The number of nitrogens with one attached hydrogen (secondary N) is 2. The molecule has 0 radical (unpaired) electrons. The van der Waals surface area contributed by atoms with Crippen LogP contribution in [0.15, 0.2) is 34.1 Å². The number of sulfonamides is 2. The Labute approximate surface area is 156 Å². The third-order valence-corrected chi connectivity index (χ3v) is 7.45. The summed E-state index contributed by atoms with van der Waals surface area (Å²) in [5, 5.41) is 3.10. The lowest BCUT2D eigenvalue weighted by atomic mass is 10.4. The monoisotopic (exact) mass is 411 g/mol. The zero-order chi connectivity index (χ0) is 17.6. The van der Waals surface area contributed by atoms with Gasteiger partial charge in [0.2, 0.25) is 20.0 Å². The van der Waals surface area contributed by atoms with Crippen LogP contribution in [0.5, 0.6) is 0 Å². The van der Waals surface area contributed by atoms with Crippen molar-refractivity contribution in [3.05, 3.63) is 24.3 Å². The van der Waals surface area contributed by atoms with Gasteiger partial charge in [-0.1, -0.05) is 19.1 Å². The van der Waals surface area contributed by atoms with Gasteiger partial charge in [0.05, 0.1) is 0 Å². The fraction of sp³-hybridized carbons (Fsp3) is 0.600. The standard InChI is InChI=1S/C15H25N3O4S2.ClH/c1-2-9-16-10-11-17-23(19,20)14-7-3-4-8-15(14)24(21,22)18-12-5-6-13-18;/h3-4,7-8,16-17H,2,5-6,9-13H2,1H3;1H. The Hall–Kier alpha value is -0.710. The molecule has 2 rings (SSSR count). The topological polar surface area (TPSA) is 95.6 Å². The number of hydrogen-bond donors (Lipinski definition) is 2. The lowest BCUT2D eigenvalue weighted by molar-refractivity contribution is 0.474. The Morgan fingerprint density at radius 2 is 1.56 bits per heavy atom. The number of nitrogens with zero attached hydrogens (tertiary/aromatic N) is 1. The molecule has 0 unspecified atom stereocenters. The zero-order valence-electron chi connectivity index (χ0n) is 14.3. The fourth-order valence-electron chi connectivity index (χ4n) is 2.61. The van der Waals surface area contributed by atoms with E-state index in [4.69, 9.17) is 0 Å². The summed E-state index contributed by atoms with van der Waals surface area (Å²) in [6.07, 6.45) is 2.56. The highest BCUT2D eigenvalue weighted by molar-refractivity contribution is 7.92. The Bertz CT molecular complexity index is 748. The van der Waals surface area contributed by atoms with Crippen LogP contribution in [0.1, 0.15) is 26.2 Å². The summed E-state index contributed by atoms with van der Waals surface area (Å²) < 4.78 is 54.3. The quantitative estimate of drug-likeness (QED) is 0.595. The molecule has 1 saturated heterocycles. The van der Waals surface area contributed by atoms with Crippen LogP contribution in [0.25, 0.3) is 0 Å². The second kappa shape index (κ2) is 9.84. The van der Waals surface area contributed by atoms with E-state index in [1.165, 1.54) is 22.5 Å². The van der Waals surface area contributed by atoms with Crippen LogP contribution in [0.2, 0.25) is 0 Å². The third-order valence-electron chi connectivity index (χ3n) is 3.84. The number of rotatable bonds is 9. The second-order valence-electron chi connectivity index (χ2n) is 5.71. The fourth-order valence-corrected chi connectivity index (χ4v) is 5.96. The molecule has 10 heteroatoms. The van der Waals surface area contributed by atoms with Crippen molar-refractivity contribution in [2.45, 2.75) is 36.0 Å². The number of halogens is 1. The molecule has 1 fully saturated rings. The molecule has 1 heterocycles. The van der Waals surface area contributed by atoms with Gasteiger partial charge in [-0.3, -0.25) is 0 Å². The van der Waals surface area contributed by atoms with Crippen LogP contribution in [-0.4, -0.2) is 53.9 Å². The lowest BCUT2D eigenvalue weighted by Crippen LogP contribution is -2.34. The maximum absolute atomic E-state index is 12.7. The molecule has 7 nitrogen and oxygen atoms in total. The summed E-state index contributed by atoms with van der Waals surface area (Å²) in [7, 11) is -7.68. The van der Waals surface area contributed by atoms with Gasteiger partial charge in [0.25, 0.3) is 0 Å². The van der Waals surface area contributed by atoms with Gasteiger partial charge in [-0.05, 0) is 37.9 Å². The number of benzene rings is 1. The first kappa shape index (κ1) is 22.3. The average molecular weight is 412 g/mol. The highest BCUT2D eigenvalue weighted by Crippen LogP contribution is 2.26. The second-order valence-corrected chi connectivity index (χ2v) is 9.35. The van der Waals surface area contributed by atoms with Crippen LogP contribution >= 0.6 is 12.4 Å². The van der Waals surface area contributed by atoms with Crippen LogP contribution in [0, 0.1) is 0 Å². The predicted molar refractivity (Wildman–Crippen MR) is 100 cm³/mol. The highest BCUT2D eigenvalue weighted by Gasteiger charge is 2.32. The van der Waals surface area contributed by atoms with Crippen molar-refractivity contribution in [2.24, 2.45) is 0 Å². The maximum atomic E-state index is 12.7. The molecule has 1 aromatic rings. The van der Waals surface area contributed by atoms with Crippen LogP contribution in [0.4, 0.5) is 0 Å². The van der Waals surface area contributed by atoms with E-state index in [2.05, 4.69) is 10.0 Å². The van der Waals surface area contributed by atoms with Crippen molar-refractivity contribution < 1.29 is 16.8 Å². The Balaban J connectivity index is 0.00000312. The molecule has 0 aromatic heterocycles. The molecule has 0 spiro atoms. The third kappa shape index (κ3) is 5.63. The molecule has 2 N–H and O–H groups in total. The van der Waals surface area contributed by atoms with E-state index >= 15 is 0 Å². The van der Waals surface area contributed by atoms with Crippen molar-refractivity contribution in [1.82, 2.24) is 14.3 Å². The van der Waals surface area contributed by atoms with Crippen LogP contribution < -0.4 is 10.0 Å². The molecular formula is C15H26ClN3O4S2. The van der Waals surface area contributed by atoms with E-state index in [0.717, 1.165) is 25.8 Å². The first-order valence-corrected chi connectivity index (χ1v) is 11.1. The maximum Gasteiger partial charge on any atom is 0.244 e. The normalized spacial score (nSPS) is 15.9. The molecule has 25 heavy (non-hydrogen) atoms. The summed E-state index contributed by atoms with van der Waals surface area (Å²) in [4.78, 5) is -0.340. The molecule has 0 atom stereocenters. The Morgan fingerprint density at radius 1 is 0.960 bits per heavy atom. The summed E-state index contributed by atoms with van der Waals surface area (Å²) >= 11 is 0. The molecular weight excluding hydrogens is 386 g/mol. The first-order valence-electron chi connectivity index (χ1n) is 8.19. The van der Waals surface area contributed by atoms with E-state index in [-0.39, 0.29) is 28.7 Å². The van der Waals surface area contributed by atoms with Gasteiger partial charge in [-0.2, -0.15) is 4.31 Å². The minimum Gasteiger partial charge on any atom is -0.315 e. The summed E-state index contributed by atoms with van der Waals surface area (Å²) in [6, 6.07) is 5.78. The number of hydrogen-bond acceptors (Lipinski definition) is 5. The van der Waals surface area contributed by atoms with E-state index in [1.54, 1.807) is 6.07 Å². The minimum atomic E-state index is -3.89. The lowest BCUT2D eigenvalue weighted by Gasteiger charge is -2.18. The Kier molecular flexibility index (Phi) is 8.79. The van der Waals surface area contributed by atoms with Crippen molar-refractivity contribution >= 4 is 32.5 Å². The first-order chi connectivity index (χ1) is 11.4. The van der Waals surface area contributed by atoms with Gasteiger partial charge >= 0.3 is 0 Å². The molecule has 0 amide bonds. The largest absolute Gasteiger partial charge is 0.315 e. The predicted octanol–water partition coefficient (Wildman–Crippen LogP) is 1.17. The van der Waals surface area contributed by atoms with E-state index in [9.17, 15) is 16.8 Å². The van der Waals surface area contributed by atoms with Crippen molar-refractivity contribution in [2.75, 3.05) is 32.7 Å². The molecule has 1 aliphatic rings. The van der Waals surface area contributed by atoms with Gasteiger partial charge < -0.3 is 5.32 Å². The average Bonchev–Trinajstić information content (AvgIpc) is 3.10. The van der Waals surface area contributed by atoms with E-state index < -0.39 is 20.0 Å². The summed E-state index contributed by atoms with van der Waals surface area (Å²) in [5.74, 6) is 0. The SMILES string of the molecule is CCCNCCNS(=O)(=O)c1ccccc1S(=O)(=O)N1CCCC1.Cl. The van der Waals surface area contributed by atoms with Gasteiger partial charge in [-0.25, -0.2) is 21.6 Å². The van der Waals surface area contributed by atoms with Crippen molar-refractivity contribution in [3.63, 3.8) is 0 Å². The molecule has 0 saturated carbocycles. The van der Waals surface area contributed by atoms with Crippen LogP contribution in [-0.2, 0) is 20.0 Å². The van der Waals surface area contributed by atoms with Crippen molar-refractivity contribution in [1.29, 1.82) is 0 Å². The van der Waals surface area contributed by atoms with Gasteiger partial charge in [-0.15, -0.1) is 12.4 Å². The molecule has 1 aromatic carbocycles. The van der Waals surface area contributed by atoms with Crippen LogP contribution in [0.3, 0.4) is 0 Å². The Morgan fingerprint density at radius 3 is 2.16 bits per heavy atom. The van der Waals surface area contributed by atoms with E-state index in [0.29, 0.717) is 19.6 Å². The molecule has 0 aliphatic carbocycles. The molecule has 144 valence electrons. The minimum absolute atomic E-state index is 0. The van der Waals surface area contributed by atoms with Gasteiger partial charge in [0.1, 0.15) is 9.79 Å². The highest BCUT2D eigenvalue weighted by atomic mass is 35.5. The van der Waals surface area contributed by atoms with E-state index in [1.807, 2.05) is 6.92 Å². The zero-order valence-corrected chi connectivity index (χ0v) is 16.7. The van der Waals surface area contributed by atoms with Crippen molar-refractivity contribution in [3.8, 4) is 0 Å². The smallest absolute Gasteiger partial charge is 0.244 e. The summed E-state index contributed by atoms with van der Waals surface area (Å²) in [6.45, 7) is 4.41. The van der Waals surface area contributed by atoms with Gasteiger partial charge in [0.15, 0.2) is 0 Å². The summed E-state index contributed by atoms with van der Waals surface area (Å²) in [5.41, 5.74) is 0. The molecule has 0 bridgehead atoms. The van der Waals surface area contributed by atoms with Gasteiger partial charge in [0, 0.05) is 26.2 Å².